The Kier molecular flexibility index (Phi) is 8.22. The molecular weight excluding hydrogens is 432 g/mol. The second-order valence-electron chi connectivity index (χ2n) is 8.38. The zero-order valence-electron chi connectivity index (χ0n) is 20.2. The maximum Gasteiger partial charge on any atom is 0.258 e. The minimum absolute atomic E-state index is 0.225. The molecule has 3 aromatic rings. The summed E-state index contributed by atoms with van der Waals surface area (Å²) in [6.07, 6.45) is 4.78. The zero-order valence-corrected chi connectivity index (χ0v) is 21.0. The van der Waals surface area contributed by atoms with E-state index in [0.717, 1.165) is 34.6 Å². The summed E-state index contributed by atoms with van der Waals surface area (Å²) >= 11 is 1.52. The standard InChI is InChI=1S/C26H32N4O2S/c1-7-17(4)11-24-25(29-18(5)28-14-16(2)3)20(15-33-24)26(31)30-22-12-19-9-8-10-27-21(19)13-23(22)32-6/h8-13,15-16H,7,14H2,1-6H3,(H,28,29)(H,30,31)/b17-11+. The van der Waals surface area contributed by atoms with E-state index in [9.17, 15) is 4.79 Å². The molecule has 0 aliphatic rings. The summed E-state index contributed by atoms with van der Waals surface area (Å²) < 4.78 is 5.51. The van der Waals surface area contributed by atoms with E-state index < -0.39 is 0 Å². The fourth-order valence-corrected chi connectivity index (χ4v) is 4.19. The molecule has 0 saturated carbocycles. The van der Waals surface area contributed by atoms with Gasteiger partial charge in [0.25, 0.3) is 5.91 Å². The van der Waals surface area contributed by atoms with Gasteiger partial charge >= 0.3 is 0 Å². The fraction of sp³-hybridized carbons (Fsp3) is 0.346. The molecule has 1 amide bonds. The van der Waals surface area contributed by atoms with Gasteiger partial charge in [0.05, 0.1) is 40.3 Å². The number of nitrogens with zero attached hydrogens (tertiary/aromatic N) is 2. The predicted octanol–water partition coefficient (Wildman–Crippen LogP) is 6.67. The van der Waals surface area contributed by atoms with Gasteiger partial charge in [0.15, 0.2) is 0 Å². The second-order valence-corrected chi connectivity index (χ2v) is 9.29. The molecule has 0 unspecified atom stereocenters. The van der Waals surface area contributed by atoms with E-state index >= 15 is 0 Å². The lowest BCUT2D eigenvalue weighted by Crippen LogP contribution is -2.24. The zero-order chi connectivity index (χ0) is 24.0. The highest BCUT2D eigenvalue weighted by atomic mass is 32.1. The van der Waals surface area contributed by atoms with Crippen molar-refractivity contribution >= 4 is 51.4 Å². The minimum Gasteiger partial charge on any atom is -0.494 e. The van der Waals surface area contributed by atoms with E-state index in [1.54, 1.807) is 13.3 Å². The first-order valence-electron chi connectivity index (χ1n) is 11.1. The van der Waals surface area contributed by atoms with Crippen molar-refractivity contribution in [1.82, 2.24) is 10.3 Å². The highest BCUT2D eigenvalue weighted by Crippen LogP contribution is 2.35. The first kappa shape index (κ1) is 24.5. The van der Waals surface area contributed by atoms with Gasteiger partial charge in [-0.1, -0.05) is 32.4 Å². The second kappa shape index (κ2) is 11.1. The molecule has 6 nitrogen and oxygen atoms in total. The lowest BCUT2D eigenvalue weighted by Gasteiger charge is -2.12. The number of hydrogen-bond acceptors (Lipinski definition) is 5. The summed E-state index contributed by atoms with van der Waals surface area (Å²) in [4.78, 5) is 23.5. The first-order chi connectivity index (χ1) is 15.8. The SMILES string of the molecule is CC/C(C)=C/c1scc(C(=O)Nc2cc3cccnc3cc2OC)c1/N=C(\C)NCC(C)C. The van der Waals surface area contributed by atoms with Crippen LogP contribution in [0.4, 0.5) is 11.4 Å². The molecule has 0 spiro atoms. The van der Waals surface area contributed by atoms with E-state index in [0.29, 0.717) is 28.6 Å². The van der Waals surface area contributed by atoms with Crippen molar-refractivity contribution in [3.63, 3.8) is 0 Å². The van der Waals surface area contributed by atoms with E-state index in [2.05, 4.69) is 49.4 Å². The van der Waals surface area contributed by atoms with Gasteiger partial charge in [-0.25, -0.2) is 4.99 Å². The number of carbonyl (C=O) groups is 1. The van der Waals surface area contributed by atoms with Gasteiger partial charge in [-0.2, -0.15) is 0 Å². The monoisotopic (exact) mass is 464 g/mol. The Balaban J connectivity index is 1.99. The normalized spacial score (nSPS) is 12.3. The Morgan fingerprint density at radius 3 is 2.79 bits per heavy atom. The van der Waals surface area contributed by atoms with Crippen molar-refractivity contribution < 1.29 is 9.53 Å². The van der Waals surface area contributed by atoms with Crippen LogP contribution >= 0.6 is 11.3 Å². The van der Waals surface area contributed by atoms with Crippen molar-refractivity contribution in [2.75, 3.05) is 19.0 Å². The van der Waals surface area contributed by atoms with Crippen LogP contribution in [0.2, 0.25) is 0 Å². The van der Waals surface area contributed by atoms with Gasteiger partial charge in [-0.3, -0.25) is 9.78 Å². The number of methoxy groups -OCH3 is 1. The van der Waals surface area contributed by atoms with Crippen LogP contribution in [0.15, 0.2) is 46.4 Å². The number of rotatable bonds is 8. The third-order valence-corrected chi connectivity index (χ3v) is 6.11. The number of aromatic nitrogens is 1. The number of thiophene rings is 1. The molecule has 7 heteroatoms. The molecule has 174 valence electrons. The van der Waals surface area contributed by atoms with E-state index in [1.807, 2.05) is 36.6 Å². The third kappa shape index (κ3) is 6.20. The molecule has 0 atom stereocenters. The highest BCUT2D eigenvalue weighted by molar-refractivity contribution is 7.11. The number of benzene rings is 1. The van der Waals surface area contributed by atoms with Crippen LogP contribution in [0.1, 0.15) is 56.3 Å². The van der Waals surface area contributed by atoms with Crippen molar-refractivity contribution in [1.29, 1.82) is 0 Å². The lowest BCUT2D eigenvalue weighted by molar-refractivity contribution is 0.102. The molecule has 0 radical (unpaired) electrons. The average Bonchev–Trinajstić information content (AvgIpc) is 3.18. The third-order valence-electron chi connectivity index (χ3n) is 5.19. The number of pyridine rings is 1. The molecular formula is C26H32N4O2S. The van der Waals surface area contributed by atoms with Gasteiger partial charge < -0.3 is 15.4 Å². The van der Waals surface area contributed by atoms with Gasteiger partial charge in [0.1, 0.15) is 5.75 Å². The molecule has 33 heavy (non-hydrogen) atoms. The molecule has 2 heterocycles. The van der Waals surface area contributed by atoms with Crippen LogP contribution in [0.3, 0.4) is 0 Å². The molecule has 3 rings (SSSR count). The number of carbonyl (C=O) groups excluding carboxylic acids is 1. The largest absolute Gasteiger partial charge is 0.494 e. The van der Waals surface area contributed by atoms with Crippen molar-refractivity contribution in [2.24, 2.45) is 10.9 Å². The smallest absolute Gasteiger partial charge is 0.258 e. The number of amidine groups is 1. The summed E-state index contributed by atoms with van der Waals surface area (Å²) in [7, 11) is 1.58. The Hall–Kier alpha value is -3.19. The van der Waals surface area contributed by atoms with Crippen LogP contribution in [0.25, 0.3) is 17.0 Å². The van der Waals surface area contributed by atoms with Crippen LogP contribution in [0.5, 0.6) is 5.75 Å². The number of allylic oxidation sites excluding steroid dienone is 1. The van der Waals surface area contributed by atoms with Crippen LogP contribution in [-0.2, 0) is 0 Å². The van der Waals surface area contributed by atoms with E-state index in [-0.39, 0.29) is 5.91 Å². The lowest BCUT2D eigenvalue weighted by atomic mass is 10.1. The molecule has 0 saturated heterocycles. The van der Waals surface area contributed by atoms with Gasteiger partial charge in [-0.15, -0.1) is 11.3 Å². The van der Waals surface area contributed by atoms with Crippen molar-refractivity contribution in [2.45, 2.75) is 41.0 Å². The molecule has 1 aromatic carbocycles. The summed E-state index contributed by atoms with van der Waals surface area (Å²) in [5.41, 5.74) is 3.86. The molecule has 0 bridgehead atoms. The Morgan fingerprint density at radius 1 is 1.30 bits per heavy atom. The topological polar surface area (TPSA) is 75.6 Å². The van der Waals surface area contributed by atoms with E-state index in [1.165, 1.54) is 16.9 Å². The molecule has 0 aliphatic carbocycles. The van der Waals surface area contributed by atoms with Crippen LogP contribution in [0, 0.1) is 5.92 Å². The number of anilines is 1. The predicted molar refractivity (Wildman–Crippen MR) is 140 cm³/mol. The van der Waals surface area contributed by atoms with Gasteiger partial charge in [0, 0.05) is 29.6 Å². The Bertz CT molecular complexity index is 1190. The number of amides is 1. The summed E-state index contributed by atoms with van der Waals surface area (Å²) in [6.45, 7) is 11.3. The van der Waals surface area contributed by atoms with Crippen molar-refractivity contribution in [3.05, 3.63) is 51.9 Å². The molecule has 0 aliphatic heterocycles. The van der Waals surface area contributed by atoms with Crippen LogP contribution in [-0.4, -0.2) is 30.4 Å². The fourth-order valence-electron chi connectivity index (χ4n) is 3.19. The summed E-state index contributed by atoms with van der Waals surface area (Å²) in [5.74, 6) is 1.62. The number of nitrogens with one attached hydrogen (secondary N) is 2. The summed E-state index contributed by atoms with van der Waals surface area (Å²) in [5, 5.41) is 9.16. The number of aliphatic imine (C=N–C) groups is 1. The maximum absolute atomic E-state index is 13.4. The highest BCUT2D eigenvalue weighted by Gasteiger charge is 2.19. The number of ether oxygens (including phenoxy) is 1. The Labute approximate surface area is 199 Å². The average molecular weight is 465 g/mol. The van der Waals surface area contributed by atoms with Gasteiger partial charge in [-0.05, 0) is 44.4 Å². The molecule has 0 fully saturated rings. The number of fused-ring (bicyclic) bond motifs is 1. The van der Waals surface area contributed by atoms with Gasteiger partial charge in [0.2, 0.25) is 0 Å². The maximum atomic E-state index is 13.4. The number of hydrogen-bond donors (Lipinski definition) is 2. The Morgan fingerprint density at radius 2 is 2.09 bits per heavy atom. The van der Waals surface area contributed by atoms with E-state index in [4.69, 9.17) is 9.73 Å². The molecule has 2 aromatic heterocycles. The van der Waals surface area contributed by atoms with Crippen molar-refractivity contribution in [3.8, 4) is 5.75 Å². The summed E-state index contributed by atoms with van der Waals surface area (Å²) in [6, 6.07) is 7.54. The first-order valence-corrected chi connectivity index (χ1v) is 12.0. The minimum atomic E-state index is -0.225. The quantitative estimate of drug-likeness (QED) is 0.288. The molecule has 2 N–H and O–H groups in total. The van der Waals surface area contributed by atoms with Crippen LogP contribution < -0.4 is 15.4 Å².